The standard InChI is InChI=1S/C13H22N4/c1-16-7-2-8-17(11-13(16)9-14)10-12-3-5-15-6-4-12/h3-6,13H,2,7-11,14H2,1H3. The van der Waals surface area contributed by atoms with E-state index in [1.165, 1.54) is 12.0 Å². The number of rotatable bonds is 3. The Morgan fingerprint density at radius 3 is 2.82 bits per heavy atom. The molecule has 1 aliphatic heterocycles. The van der Waals surface area contributed by atoms with E-state index in [2.05, 4.69) is 34.0 Å². The van der Waals surface area contributed by atoms with Crippen LogP contribution in [-0.2, 0) is 6.54 Å². The molecule has 17 heavy (non-hydrogen) atoms. The second-order valence-electron chi connectivity index (χ2n) is 4.81. The molecule has 0 bridgehead atoms. The number of nitrogens with two attached hydrogens (primary N) is 1. The van der Waals surface area contributed by atoms with Gasteiger partial charge in [-0.05, 0) is 44.3 Å². The Kier molecular flexibility index (Phi) is 4.48. The highest BCUT2D eigenvalue weighted by atomic mass is 15.2. The lowest BCUT2D eigenvalue weighted by Crippen LogP contribution is -2.43. The molecule has 0 spiro atoms. The molecule has 0 aromatic carbocycles. The van der Waals surface area contributed by atoms with Gasteiger partial charge in [-0.25, -0.2) is 0 Å². The summed E-state index contributed by atoms with van der Waals surface area (Å²) < 4.78 is 0. The van der Waals surface area contributed by atoms with Crippen molar-refractivity contribution in [1.29, 1.82) is 0 Å². The highest BCUT2D eigenvalue weighted by molar-refractivity contribution is 5.09. The number of pyridine rings is 1. The molecule has 0 amide bonds. The molecule has 2 N–H and O–H groups in total. The zero-order chi connectivity index (χ0) is 12.1. The molecule has 1 aliphatic rings. The maximum absolute atomic E-state index is 5.84. The van der Waals surface area contributed by atoms with Crippen molar-refractivity contribution < 1.29 is 0 Å². The second-order valence-corrected chi connectivity index (χ2v) is 4.81. The van der Waals surface area contributed by atoms with Gasteiger partial charge in [-0.15, -0.1) is 0 Å². The van der Waals surface area contributed by atoms with Crippen LogP contribution in [0.4, 0.5) is 0 Å². The molecule has 1 unspecified atom stereocenters. The van der Waals surface area contributed by atoms with Gasteiger partial charge in [0.2, 0.25) is 0 Å². The first-order chi connectivity index (χ1) is 8.29. The molecular formula is C13H22N4. The van der Waals surface area contributed by atoms with Gasteiger partial charge in [0.25, 0.3) is 0 Å². The minimum Gasteiger partial charge on any atom is -0.329 e. The average molecular weight is 234 g/mol. The van der Waals surface area contributed by atoms with Gasteiger partial charge in [-0.2, -0.15) is 0 Å². The SMILES string of the molecule is CN1CCCN(Cc2ccncc2)CC1CN. The third-order valence-electron chi connectivity index (χ3n) is 3.51. The fourth-order valence-corrected chi connectivity index (χ4v) is 2.40. The summed E-state index contributed by atoms with van der Waals surface area (Å²) in [6.45, 7) is 5.11. The Hall–Kier alpha value is -0.970. The lowest BCUT2D eigenvalue weighted by atomic mass is 10.2. The molecule has 4 heteroatoms. The molecule has 1 atom stereocenters. The highest BCUT2D eigenvalue weighted by Gasteiger charge is 2.20. The minimum atomic E-state index is 0.485. The fraction of sp³-hybridized carbons (Fsp3) is 0.615. The maximum Gasteiger partial charge on any atom is 0.0342 e. The van der Waals surface area contributed by atoms with Gasteiger partial charge < -0.3 is 10.6 Å². The van der Waals surface area contributed by atoms with Gasteiger partial charge in [0, 0.05) is 38.1 Å². The van der Waals surface area contributed by atoms with Crippen LogP contribution in [0, 0.1) is 0 Å². The molecule has 0 aliphatic carbocycles. The van der Waals surface area contributed by atoms with Crippen LogP contribution in [0.15, 0.2) is 24.5 Å². The van der Waals surface area contributed by atoms with E-state index >= 15 is 0 Å². The van der Waals surface area contributed by atoms with Gasteiger partial charge in [0.05, 0.1) is 0 Å². The fourth-order valence-electron chi connectivity index (χ4n) is 2.40. The van der Waals surface area contributed by atoms with Gasteiger partial charge in [-0.1, -0.05) is 0 Å². The molecule has 2 rings (SSSR count). The van der Waals surface area contributed by atoms with Gasteiger partial charge in [0.15, 0.2) is 0 Å². The number of likely N-dealkylation sites (N-methyl/N-ethyl adjacent to an activating group) is 1. The Balaban J connectivity index is 1.96. The monoisotopic (exact) mass is 234 g/mol. The number of nitrogens with zero attached hydrogens (tertiary/aromatic N) is 3. The van der Waals surface area contributed by atoms with E-state index in [4.69, 9.17) is 5.73 Å². The largest absolute Gasteiger partial charge is 0.329 e. The lowest BCUT2D eigenvalue weighted by molar-refractivity contribution is 0.207. The topological polar surface area (TPSA) is 45.4 Å². The highest BCUT2D eigenvalue weighted by Crippen LogP contribution is 2.11. The van der Waals surface area contributed by atoms with E-state index in [-0.39, 0.29) is 0 Å². The maximum atomic E-state index is 5.84. The Morgan fingerprint density at radius 2 is 2.12 bits per heavy atom. The third-order valence-corrected chi connectivity index (χ3v) is 3.51. The normalized spacial score (nSPS) is 23.5. The number of hydrogen-bond acceptors (Lipinski definition) is 4. The summed E-state index contributed by atoms with van der Waals surface area (Å²) in [4.78, 5) is 8.93. The first-order valence-corrected chi connectivity index (χ1v) is 6.31. The van der Waals surface area contributed by atoms with Gasteiger partial charge in [0.1, 0.15) is 0 Å². The predicted octanol–water partition coefficient (Wildman–Crippen LogP) is 0.546. The molecule has 0 radical (unpaired) electrons. The van der Waals surface area contributed by atoms with Crippen LogP contribution in [0.5, 0.6) is 0 Å². The molecule has 0 saturated carbocycles. The van der Waals surface area contributed by atoms with E-state index < -0.39 is 0 Å². The lowest BCUT2D eigenvalue weighted by Gasteiger charge is -2.27. The summed E-state index contributed by atoms with van der Waals surface area (Å²) in [5.41, 5.74) is 7.17. The first kappa shape index (κ1) is 12.5. The third kappa shape index (κ3) is 3.49. The predicted molar refractivity (Wildman–Crippen MR) is 69.6 cm³/mol. The summed E-state index contributed by atoms with van der Waals surface area (Å²) in [5, 5.41) is 0. The average Bonchev–Trinajstić information content (AvgIpc) is 2.52. The minimum absolute atomic E-state index is 0.485. The van der Waals surface area contributed by atoms with E-state index in [0.29, 0.717) is 6.04 Å². The van der Waals surface area contributed by atoms with Crippen molar-refractivity contribution in [3.8, 4) is 0 Å². The smallest absolute Gasteiger partial charge is 0.0342 e. The van der Waals surface area contributed by atoms with E-state index in [9.17, 15) is 0 Å². The van der Waals surface area contributed by atoms with Crippen LogP contribution in [0.3, 0.4) is 0 Å². The van der Waals surface area contributed by atoms with Crippen LogP contribution in [0.2, 0.25) is 0 Å². The quantitative estimate of drug-likeness (QED) is 0.829. The van der Waals surface area contributed by atoms with Crippen LogP contribution in [0.25, 0.3) is 0 Å². The summed E-state index contributed by atoms with van der Waals surface area (Å²) in [7, 11) is 2.17. The molecule has 1 saturated heterocycles. The van der Waals surface area contributed by atoms with Crippen molar-refractivity contribution in [3.63, 3.8) is 0 Å². The van der Waals surface area contributed by atoms with Crippen molar-refractivity contribution in [2.75, 3.05) is 33.2 Å². The van der Waals surface area contributed by atoms with Crippen molar-refractivity contribution in [1.82, 2.24) is 14.8 Å². The second kappa shape index (κ2) is 6.10. The van der Waals surface area contributed by atoms with Gasteiger partial charge >= 0.3 is 0 Å². The Morgan fingerprint density at radius 1 is 1.35 bits per heavy atom. The van der Waals surface area contributed by atoms with Crippen molar-refractivity contribution >= 4 is 0 Å². The van der Waals surface area contributed by atoms with Crippen LogP contribution >= 0.6 is 0 Å². The Bertz CT molecular complexity index is 327. The molecule has 2 heterocycles. The molecule has 1 fully saturated rings. The summed E-state index contributed by atoms with van der Waals surface area (Å²) >= 11 is 0. The molecule has 1 aromatic heterocycles. The molecular weight excluding hydrogens is 212 g/mol. The molecule has 94 valence electrons. The summed E-state index contributed by atoms with van der Waals surface area (Å²) in [6, 6.07) is 4.66. The van der Waals surface area contributed by atoms with Crippen molar-refractivity contribution in [2.24, 2.45) is 5.73 Å². The summed E-state index contributed by atoms with van der Waals surface area (Å²) in [5.74, 6) is 0. The number of aromatic nitrogens is 1. The molecule has 1 aromatic rings. The molecule has 4 nitrogen and oxygen atoms in total. The number of hydrogen-bond donors (Lipinski definition) is 1. The summed E-state index contributed by atoms with van der Waals surface area (Å²) in [6.07, 6.45) is 4.94. The zero-order valence-electron chi connectivity index (χ0n) is 10.5. The first-order valence-electron chi connectivity index (χ1n) is 6.31. The van der Waals surface area contributed by atoms with Crippen LogP contribution in [0.1, 0.15) is 12.0 Å². The Labute approximate surface area is 103 Å². The van der Waals surface area contributed by atoms with Crippen LogP contribution < -0.4 is 5.73 Å². The van der Waals surface area contributed by atoms with E-state index in [1.54, 1.807) is 0 Å². The zero-order valence-corrected chi connectivity index (χ0v) is 10.5. The van der Waals surface area contributed by atoms with Crippen LogP contribution in [-0.4, -0.2) is 54.1 Å². The van der Waals surface area contributed by atoms with E-state index in [1.807, 2.05) is 12.4 Å². The van der Waals surface area contributed by atoms with Crippen molar-refractivity contribution in [2.45, 2.75) is 19.0 Å². The van der Waals surface area contributed by atoms with Crippen molar-refractivity contribution in [3.05, 3.63) is 30.1 Å². The van der Waals surface area contributed by atoms with E-state index in [0.717, 1.165) is 32.7 Å². The van der Waals surface area contributed by atoms with Gasteiger partial charge in [-0.3, -0.25) is 9.88 Å².